The number of aromatic nitrogens is 2. The van der Waals surface area contributed by atoms with Crippen LogP contribution in [-0.4, -0.2) is 24.5 Å². The lowest BCUT2D eigenvalue weighted by molar-refractivity contribution is 0.102. The number of nitrogens with one attached hydrogen (secondary N) is 3. The van der Waals surface area contributed by atoms with Crippen molar-refractivity contribution in [2.24, 2.45) is 0 Å². The summed E-state index contributed by atoms with van der Waals surface area (Å²) in [6, 6.07) is 9.47. The zero-order valence-corrected chi connectivity index (χ0v) is 14.5. The molecule has 0 saturated heterocycles. The van der Waals surface area contributed by atoms with Gasteiger partial charge >= 0.3 is 0 Å². The average molecular weight is 374 g/mol. The number of hydrogen-bond donors (Lipinski definition) is 3. The summed E-state index contributed by atoms with van der Waals surface area (Å²) in [7, 11) is -3.86. The highest BCUT2D eigenvalue weighted by Gasteiger charge is 2.16. The van der Waals surface area contributed by atoms with Crippen molar-refractivity contribution in [1.82, 2.24) is 10.2 Å². The molecule has 0 aliphatic carbocycles. The van der Waals surface area contributed by atoms with Gasteiger partial charge in [0.1, 0.15) is 5.82 Å². The van der Waals surface area contributed by atoms with Crippen molar-refractivity contribution >= 4 is 27.3 Å². The largest absolute Gasteiger partial charge is 0.319 e. The minimum Gasteiger partial charge on any atom is -0.319 e. The normalized spacial score (nSPS) is 11.2. The number of aryl methyl sites for hydroxylation is 1. The van der Waals surface area contributed by atoms with Crippen molar-refractivity contribution in [2.75, 3.05) is 10.0 Å². The number of amides is 1. The summed E-state index contributed by atoms with van der Waals surface area (Å²) in [6.07, 6.45) is 3.00. The highest BCUT2D eigenvalue weighted by molar-refractivity contribution is 7.92. The maximum atomic E-state index is 13.3. The first-order valence-electron chi connectivity index (χ1n) is 7.54. The number of sulfonamides is 1. The molecule has 0 bridgehead atoms. The van der Waals surface area contributed by atoms with Crippen LogP contribution in [0.15, 0.2) is 59.8 Å². The van der Waals surface area contributed by atoms with E-state index in [0.717, 1.165) is 6.07 Å². The van der Waals surface area contributed by atoms with Crippen LogP contribution in [0.25, 0.3) is 0 Å². The highest BCUT2D eigenvalue weighted by Crippen LogP contribution is 2.19. The van der Waals surface area contributed by atoms with Crippen LogP contribution in [0.4, 0.5) is 15.8 Å². The molecule has 2 aromatic carbocycles. The summed E-state index contributed by atoms with van der Waals surface area (Å²) in [6.45, 7) is 1.49. The number of anilines is 2. The van der Waals surface area contributed by atoms with Gasteiger partial charge in [0.2, 0.25) is 0 Å². The van der Waals surface area contributed by atoms with Crippen molar-refractivity contribution in [3.05, 3.63) is 71.8 Å². The topological polar surface area (TPSA) is 104 Å². The van der Waals surface area contributed by atoms with E-state index in [9.17, 15) is 17.6 Å². The van der Waals surface area contributed by atoms with E-state index >= 15 is 0 Å². The van der Waals surface area contributed by atoms with E-state index in [0.29, 0.717) is 11.3 Å². The predicted octanol–water partition coefficient (Wildman–Crippen LogP) is 2.91. The maximum absolute atomic E-state index is 13.3. The zero-order chi connectivity index (χ0) is 18.7. The van der Waals surface area contributed by atoms with Gasteiger partial charge in [-0.15, -0.1) is 0 Å². The molecule has 9 heteroatoms. The van der Waals surface area contributed by atoms with E-state index < -0.39 is 15.8 Å². The third-order valence-corrected chi connectivity index (χ3v) is 4.97. The molecule has 26 heavy (non-hydrogen) atoms. The summed E-state index contributed by atoms with van der Waals surface area (Å²) in [5.41, 5.74) is 1.39. The molecule has 0 aliphatic rings. The number of halogens is 1. The van der Waals surface area contributed by atoms with Crippen LogP contribution in [0, 0.1) is 12.7 Å². The number of H-pyrrole nitrogens is 1. The Kier molecular flexibility index (Phi) is 4.72. The Bertz CT molecular complexity index is 1030. The molecule has 134 valence electrons. The smallest absolute Gasteiger partial charge is 0.261 e. The number of nitrogens with zero attached hydrogens (tertiary/aromatic N) is 1. The van der Waals surface area contributed by atoms with Gasteiger partial charge in [-0.05, 0) is 55.0 Å². The number of rotatable bonds is 5. The Morgan fingerprint density at radius 3 is 2.46 bits per heavy atom. The third kappa shape index (κ3) is 3.89. The van der Waals surface area contributed by atoms with Gasteiger partial charge in [-0.3, -0.25) is 14.6 Å². The number of carbonyl (C=O) groups excluding carboxylic acids is 1. The monoisotopic (exact) mass is 374 g/mol. The molecule has 0 aliphatic heterocycles. The second-order valence-electron chi connectivity index (χ2n) is 5.53. The molecule has 1 amide bonds. The summed E-state index contributed by atoms with van der Waals surface area (Å²) < 4.78 is 40.5. The first-order valence-corrected chi connectivity index (χ1v) is 9.03. The molecule has 0 fully saturated rings. The molecule has 0 radical (unpaired) electrons. The standard InChI is InChI=1S/C17H15FN4O3S/c1-11-8-15(6-7-16(11)18)26(24,25)22-13-4-2-12(3-5-13)17(23)21-14-9-19-20-10-14/h2-10,22H,1H3,(H,19,20)(H,21,23). The fourth-order valence-electron chi connectivity index (χ4n) is 2.21. The van der Waals surface area contributed by atoms with Gasteiger partial charge in [0.15, 0.2) is 0 Å². The van der Waals surface area contributed by atoms with Crippen LogP contribution < -0.4 is 10.0 Å². The lowest BCUT2D eigenvalue weighted by Gasteiger charge is -2.10. The lowest BCUT2D eigenvalue weighted by Crippen LogP contribution is -2.14. The molecule has 3 aromatic rings. The Hall–Kier alpha value is -3.20. The number of carbonyl (C=O) groups is 1. The first-order chi connectivity index (χ1) is 12.3. The van der Waals surface area contributed by atoms with Gasteiger partial charge in [0, 0.05) is 17.4 Å². The second kappa shape index (κ2) is 6.96. The maximum Gasteiger partial charge on any atom is 0.261 e. The lowest BCUT2D eigenvalue weighted by atomic mass is 10.2. The molecule has 0 unspecified atom stereocenters. The Morgan fingerprint density at radius 1 is 1.12 bits per heavy atom. The molecule has 0 saturated carbocycles. The second-order valence-corrected chi connectivity index (χ2v) is 7.22. The van der Waals surface area contributed by atoms with Crippen LogP contribution in [-0.2, 0) is 10.0 Å². The Labute approximate surface area is 149 Å². The quantitative estimate of drug-likeness (QED) is 0.639. The minimum absolute atomic E-state index is 0.0434. The summed E-state index contributed by atoms with van der Waals surface area (Å²) in [5, 5.41) is 8.94. The first kappa shape index (κ1) is 17.6. The van der Waals surface area contributed by atoms with E-state index in [1.54, 1.807) is 0 Å². The summed E-state index contributed by atoms with van der Waals surface area (Å²) in [4.78, 5) is 12.0. The predicted molar refractivity (Wildman–Crippen MR) is 94.9 cm³/mol. The van der Waals surface area contributed by atoms with Gasteiger partial charge in [0.05, 0.1) is 16.8 Å². The van der Waals surface area contributed by atoms with Crippen molar-refractivity contribution in [3.8, 4) is 0 Å². The van der Waals surface area contributed by atoms with Crippen molar-refractivity contribution in [2.45, 2.75) is 11.8 Å². The number of benzene rings is 2. The van der Waals surface area contributed by atoms with Crippen molar-refractivity contribution in [1.29, 1.82) is 0 Å². The van der Waals surface area contributed by atoms with Gasteiger partial charge < -0.3 is 5.32 Å². The molecular weight excluding hydrogens is 359 g/mol. The molecule has 3 rings (SSSR count). The molecule has 3 N–H and O–H groups in total. The number of aromatic amines is 1. The zero-order valence-electron chi connectivity index (χ0n) is 13.7. The van der Waals surface area contributed by atoms with Crippen molar-refractivity contribution < 1.29 is 17.6 Å². The van der Waals surface area contributed by atoms with E-state index in [-0.39, 0.29) is 22.1 Å². The summed E-state index contributed by atoms with van der Waals surface area (Å²) in [5.74, 6) is -0.827. The SMILES string of the molecule is Cc1cc(S(=O)(=O)Nc2ccc(C(=O)Nc3cn[nH]c3)cc2)ccc1F. The highest BCUT2D eigenvalue weighted by atomic mass is 32.2. The fraction of sp³-hybridized carbons (Fsp3) is 0.0588. The molecular formula is C17H15FN4O3S. The Morgan fingerprint density at radius 2 is 1.85 bits per heavy atom. The van der Waals surface area contributed by atoms with Crippen LogP contribution in [0.3, 0.4) is 0 Å². The van der Waals surface area contributed by atoms with E-state index in [1.807, 2.05) is 0 Å². The van der Waals surface area contributed by atoms with E-state index in [1.165, 1.54) is 55.7 Å². The van der Waals surface area contributed by atoms with Gasteiger partial charge in [0.25, 0.3) is 15.9 Å². The van der Waals surface area contributed by atoms with Crippen molar-refractivity contribution in [3.63, 3.8) is 0 Å². The van der Waals surface area contributed by atoms with E-state index in [4.69, 9.17) is 0 Å². The average Bonchev–Trinajstić information content (AvgIpc) is 3.10. The van der Waals surface area contributed by atoms with Crippen LogP contribution in [0.5, 0.6) is 0 Å². The van der Waals surface area contributed by atoms with Crippen LogP contribution in [0.2, 0.25) is 0 Å². The fourth-order valence-corrected chi connectivity index (χ4v) is 3.35. The van der Waals surface area contributed by atoms with E-state index in [2.05, 4.69) is 20.2 Å². The molecule has 1 aromatic heterocycles. The molecule has 7 nitrogen and oxygen atoms in total. The van der Waals surface area contributed by atoms with Gasteiger partial charge in [-0.1, -0.05) is 0 Å². The Balaban J connectivity index is 1.74. The van der Waals surface area contributed by atoms with Crippen LogP contribution >= 0.6 is 0 Å². The number of hydrogen-bond acceptors (Lipinski definition) is 4. The van der Waals surface area contributed by atoms with Gasteiger partial charge in [-0.2, -0.15) is 5.10 Å². The molecule has 1 heterocycles. The molecule has 0 spiro atoms. The van der Waals surface area contributed by atoms with Crippen LogP contribution in [0.1, 0.15) is 15.9 Å². The summed E-state index contributed by atoms with van der Waals surface area (Å²) >= 11 is 0. The third-order valence-electron chi connectivity index (χ3n) is 3.60. The minimum atomic E-state index is -3.86. The molecule has 0 atom stereocenters. The van der Waals surface area contributed by atoms with Gasteiger partial charge in [-0.25, -0.2) is 12.8 Å².